The van der Waals surface area contributed by atoms with Crippen molar-refractivity contribution in [2.75, 3.05) is 0 Å². The van der Waals surface area contributed by atoms with Crippen LogP contribution in [-0.4, -0.2) is 101 Å². The van der Waals surface area contributed by atoms with Crippen LogP contribution in [-0.2, 0) is 56.0 Å². The molecule has 2 aromatic carbocycles. The van der Waals surface area contributed by atoms with Crippen molar-refractivity contribution in [1.82, 2.24) is 0 Å². The van der Waals surface area contributed by atoms with E-state index in [9.17, 15) is 38.9 Å². The van der Waals surface area contributed by atoms with Crippen LogP contribution in [0, 0.1) is 0 Å². The summed E-state index contributed by atoms with van der Waals surface area (Å²) in [4.78, 5) is 45.1. The van der Waals surface area contributed by atoms with Gasteiger partial charge in [0.1, 0.15) is 11.5 Å². The van der Waals surface area contributed by atoms with E-state index in [-0.39, 0.29) is 124 Å². The van der Waals surface area contributed by atoms with Crippen LogP contribution < -0.4 is 19.6 Å². The van der Waals surface area contributed by atoms with Gasteiger partial charge >= 0.3 is 91.0 Å². The minimum absolute atomic E-state index is 0. The van der Waals surface area contributed by atoms with Crippen LogP contribution in [0.3, 0.4) is 0 Å². The van der Waals surface area contributed by atoms with E-state index in [0.29, 0.717) is 35.1 Å². The van der Waals surface area contributed by atoms with Gasteiger partial charge in [-0.2, -0.15) is 0 Å². The first-order valence-corrected chi connectivity index (χ1v) is 18.6. The van der Waals surface area contributed by atoms with Crippen molar-refractivity contribution in [1.29, 1.82) is 0 Å². The number of hydrogen-bond donors (Lipinski definition) is 2. The minimum atomic E-state index is -4.67. The van der Waals surface area contributed by atoms with E-state index in [0.717, 1.165) is 22.3 Å². The predicted octanol–water partition coefficient (Wildman–Crippen LogP) is 5.17. The Morgan fingerprint density at radius 3 is 0.935 bits per heavy atom. The van der Waals surface area contributed by atoms with Crippen molar-refractivity contribution >= 4 is 106 Å². The Hall–Kier alpha value is 1.30. The third-order valence-electron chi connectivity index (χ3n) is 7.55. The zero-order chi connectivity index (χ0) is 35.0. The van der Waals surface area contributed by atoms with Gasteiger partial charge < -0.3 is 38.9 Å². The zero-order valence-electron chi connectivity index (χ0n) is 30.6. The molecule has 2 N–H and O–H groups in total. The average Bonchev–Trinajstić information content (AvgIpc) is 2.75. The molecule has 0 fully saturated rings. The molecule has 0 spiro atoms. The summed E-state index contributed by atoms with van der Waals surface area (Å²) in [6.45, 7) is 27.4. The monoisotopic (exact) mass is 828 g/mol. The molecule has 0 aliphatic heterocycles. The van der Waals surface area contributed by atoms with Crippen molar-refractivity contribution in [3.63, 3.8) is 0 Å². The normalized spacial score (nSPS) is 12.9. The molecule has 2 aromatic rings. The van der Waals surface area contributed by atoms with Gasteiger partial charge in [-0.3, -0.25) is 0 Å². The standard InChI is InChI=1S/2C17H29O4P.2Sr/c2*1-8-12-11(10-22(19,20)21)9-13(16(2,3)4)15(18)14(12)17(5,6)7;;/h2*9,18H,8,10H2,1-7H3,(H2,19,20,21);;/q;;2*+2/p-4. The van der Waals surface area contributed by atoms with Crippen molar-refractivity contribution in [2.45, 2.75) is 144 Å². The predicted molar refractivity (Wildman–Crippen MR) is 184 cm³/mol. The molecule has 0 bridgehead atoms. The number of aromatic hydroxyl groups is 2. The Labute approximate surface area is 352 Å². The largest absolute Gasteiger partial charge is 2.00 e. The van der Waals surface area contributed by atoms with Crippen molar-refractivity contribution in [3.8, 4) is 11.5 Å². The van der Waals surface area contributed by atoms with E-state index in [1.54, 1.807) is 12.1 Å². The summed E-state index contributed by atoms with van der Waals surface area (Å²) in [5, 5.41) is 21.5. The third kappa shape index (κ3) is 14.1. The molecular weight excluding hydrogens is 774 g/mol. The van der Waals surface area contributed by atoms with Gasteiger partial charge in [0.05, 0.1) is 0 Å². The Bertz CT molecular complexity index is 1320. The average molecular weight is 828 g/mol. The van der Waals surface area contributed by atoms with Crippen LogP contribution in [0.5, 0.6) is 11.5 Å². The summed E-state index contributed by atoms with van der Waals surface area (Å²) in [7, 11) is -9.34. The fraction of sp³-hybridized carbons (Fsp3) is 0.647. The van der Waals surface area contributed by atoms with Gasteiger partial charge in [0.2, 0.25) is 0 Å². The maximum absolute atomic E-state index is 11.3. The first-order valence-electron chi connectivity index (χ1n) is 15.2. The molecule has 0 amide bonds. The van der Waals surface area contributed by atoms with Gasteiger partial charge in [0, 0.05) is 23.5 Å². The molecule has 0 unspecified atom stereocenters. The molecule has 0 aliphatic rings. The molecule has 0 saturated carbocycles. The van der Waals surface area contributed by atoms with Crippen LogP contribution in [0.2, 0.25) is 0 Å². The molecular formula is C34H54O8P2Sr2. The van der Waals surface area contributed by atoms with Crippen molar-refractivity contribution in [3.05, 3.63) is 56.6 Å². The number of phenolic OH excluding ortho intramolecular Hbond substituents is 2. The van der Waals surface area contributed by atoms with Gasteiger partial charge in [-0.1, -0.05) is 124 Å². The summed E-state index contributed by atoms with van der Waals surface area (Å²) >= 11 is 0. The van der Waals surface area contributed by atoms with Crippen molar-refractivity contribution < 1.29 is 38.9 Å². The van der Waals surface area contributed by atoms with Gasteiger partial charge in [-0.05, 0) is 67.9 Å². The molecule has 0 atom stereocenters. The number of phenols is 2. The van der Waals surface area contributed by atoms with Crippen LogP contribution in [0.25, 0.3) is 0 Å². The Balaban J connectivity index is 0. The smallest absolute Gasteiger partial charge is 0.810 e. The Morgan fingerprint density at radius 1 is 0.543 bits per heavy atom. The maximum atomic E-state index is 11.3. The first kappa shape index (κ1) is 49.4. The van der Waals surface area contributed by atoms with E-state index in [2.05, 4.69) is 0 Å². The molecule has 2 rings (SSSR count). The Morgan fingerprint density at radius 2 is 0.783 bits per heavy atom. The van der Waals surface area contributed by atoms with Crippen LogP contribution in [0.4, 0.5) is 0 Å². The zero-order valence-corrected chi connectivity index (χ0v) is 39.4. The molecule has 252 valence electrons. The second-order valence-electron chi connectivity index (χ2n) is 15.8. The van der Waals surface area contributed by atoms with Gasteiger partial charge in [-0.25, -0.2) is 0 Å². The SMILES string of the molecule is CCc1c(CP(=O)([O-])[O-])cc(C(C)(C)C)c(O)c1C(C)(C)C.CCc1c(CP(=O)([O-])[O-])cc(C(C)(C)C)c(O)c1C(C)(C)C.[Sr+2].[Sr+2]. The van der Waals surface area contributed by atoms with Crippen LogP contribution >= 0.6 is 15.2 Å². The fourth-order valence-electron chi connectivity index (χ4n) is 5.80. The second-order valence-corrected chi connectivity index (χ2v) is 18.9. The summed E-state index contributed by atoms with van der Waals surface area (Å²) in [5.74, 6) is 0.430. The van der Waals surface area contributed by atoms with Gasteiger partial charge in [-0.15, -0.1) is 0 Å². The molecule has 46 heavy (non-hydrogen) atoms. The van der Waals surface area contributed by atoms with E-state index >= 15 is 0 Å². The first-order chi connectivity index (χ1) is 19.4. The maximum Gasteiger partial charge on any atom is 2.00 e. The molecule has 0 aliphatic carbocycles. The van der Waals surface area contributed by atoms with E-state index in [4.69, 9.17) is 0 Å². The Kier molecular flexibility index (Phi) is 19.0. The quantitative estimate of drug-likeness (QED) is 0.298. The van der Waals surface area contributed by atoms with Gasteiger partial charge in [0.15, 0.2) is 0 Å². The second kappa shape index (κ2) is 17.7. The van der Waals surface area contributed by atoms with Crippen molar-refractivity contribution in [2.24, 2.45) is 0 Å². The van der Waals surface area contributed by atoms with E-state index < -0.39 is 27.5 Å². The number of rotatable bonds is 6. The summed E-state index contributed by atoms with van der Waals surface area (Å²) in [5.41, 5.74) is 4.03. The molecule has 12 heteroatoms. The van der Waals surface area contributed by atoms with Crippen LogP contribution in [0.1, 0.15) is 141 Å². The topological polar surface area (TPSA) is 167 Å². The summed E-state index contributed by atoms with van der Waals surface area (Å²) in [6.07, 6.45) is 0.116. The van der Waals surface area contributed by atoms with Crippen LogP contribution in [0.15, 0.2) is 12.1 Å². The molecule has 0 aromatic heterocycles. The third-order valence-corrected chi connectivity index (χ3v) is 9.01. The number of benzene rings is 2. The molecule has 0 saturated heterocycles. The summed E-state index contributed by atoms with van der Waals surface area (Å²) in [6, 6.07) is 3.37. The minimum Gasteiger partial charge on any atom is -0.810 e. The summed E-state index contributed by atoms with van der Waals surface area (Å²) < 4.78 is 22.6. The van der Waals surface area contributed by atoms with Gasteiger partial charge in [0.25, 0.3) is 0 Å². The number of hydrogen-bond acceptors (Lipinski definition) is 8. The molecule has 8 nitrogen and oxygen atoms in total. The molecule has 0 radical (unpaired) electrons. The van der Waals surface area contributed by atoms with E-state index in [1.165, 1.54) is 0 Å². The fourth-order valence-corrected chi connectivity index (χ4v) is 7.20. The molecule has 0 heterocycles. The van der Waals surface area contributed by atoms with E-state index in [1.807, 2.05) is 96.9 Å².